The quantitative estimate of drug-likeness (QED) is 0.276. The summed E-state index contributed by atoms with van der Waals surface area (Å²) in [5, 5.41) is 9.45. The predicted molar refractivity (Wildman–Crippen MR) is 124 cm³/mol. The molecule has 7 nitrogen and oxygen atoms in total. The van der Waals surface area contributed by atoms with Crippen molar-refractivity contribution in [1.82, 2.24) is 14.8 Å². The maximum absolute atomic E-state index is 12.5. The Morgan fingerprint density at radius 1 is 1.21 bits per heavy atom. The Hall–Kier alpha value is -3.02. The molecule has 0 radical (unpaired) electrons. The van der Waals surface area contributed by atoms with Crippen LogP contribution in [-0.4, -0.2) is 27.3 Å². The number of nitrogens with zero attached hydrogens (tertiary/aromatic N) is 3. The number of carbonyl (C=O) groups is 1. The van der Waals surface area contributed by atoms with Crippen LogP contribution in [0.25, 0.3) is 11.3 Å². The smallest absolute Gasteiger partial charge is 0.387 e. The fourth-order valence-corrected chi connectivity index (χ4v) is 4.16. The molecule has 0 aliphatic heterocycles. The first-order valence-corrected chi connectivity index (χ1v) is 11.4. The number of nitrogens with one attached hydrogen (secondary N) is 1. The van der Waals surface area contributed by atoms with E-state index in [1.54, 1.807) is 48.0 Å². The van der Waals surface area contributed by atoms with Crippen LogP contribution in [0, 0.1) is 0 Å². The van der Waals surface area contributed by atoms with Gasteiger partial charge in [0.05, 0.1) is 10.7 Å². The molecule has 0 bridgehead atoms. The van der Waals surface area contributed by atoms with Crippen molar-refractivity contribution in [2.24, 2.45) is 0 Å². The van der Waals surface area contributed by atoms with Gasteiger partial charge in [-0.05, 0) is 48.5 Å². The molecule has 0 saturated heterocycles. The molecule has 2 aromatic heterocycles. The molecule has 0 atom stereocenters. The van der Waals surface area contributed by atoms with Crippen LogP contribution in [0.15, 0.2) is 64.6 Å². The van der Waals surface area contributed by atoms with E-state index in [1.165, 1.54) is 28.2 Å². The van der Waals surface area contributed by atoms with Crippen LogP contribution in [0.4, 0.5) is 13.9 Å². The van der Waals surface area contributed by atoms with Crippen LogP contribution in [-0.2, 0) is 6.73 Å². The van der Waals surface area contributed by atoms with Gasteiger partial charge in [-0.3, -0.25) is 10.1 Å². The third-order valence-corrected chi connectivity index (χ3v) is 5.77. The number of alkyl halides is 2. The van der Waals surface area contributed by atoms with Crippen molar-refractivity contribution in [2.45, 2.75) is 13.3 Å². The van der Waals surface area contributed by atoms with Gasteiger partial charge in [0.25, 0.3) is 5.91 Å². The molecule has 4 aromatic rings. The Morgan fingerprint density at radius 3 is 2.73 bits per heavy atom. The highest BCUT2D eigenvalue weighted by molar-refractivity contribution is 9.10. The van der Waals surface area contributed by atoms with Crippen molar-refractivity contribution in [1.29, 1.82) is 0 Å². The lowest BCUT2D eigenvalue weighted by Gasteiger charge is -2.08. The fourth-order valence-electron chi connectivity index (χ4n) is 2.71. The number of hydrogen-bond donors (Lipinski definition) is 1. The second-order valence-corrected chi connectivity index (χ2v) is 8.66. The minimum atomic E-state index is -2.88. The van der Waals surface area contributed by atoms with Crippen LogP contribution < -0.4 is 14.8 Å². The van der Waals surface area contributed by atoms with E-state index in [1.807, 2.05) is 0 Å². The fraction of sp³-hybridized carbons (Fsp3) is 0.0952. The van der Waals surface area contributed by atoms with E-state index in [-0.39, 0.29) is 18.2 Å². The second-order valence-electron chi connectivity index (χ2n) is 6.48. The van der Waals surface area contributed by atoms with E-state index in [9.17, 15) is 13.6 Å². The third-order valence-electron chi connectivity index (χ3n) is 4.22. The second kappa shape index (κ2) is 10.3. The molecule has 0 saturated carbocycles. The highest BCUT2D eigenvalue weighted by Gasteiger charge is 2.14. The summed E-state index contributed by atoms with van der Waals surface area (Å²) in [5.74, 6) is 0.113. The highest BCUT2D eigenvalue weighted by Crippen LogP contribution is 2.28. The van der Waals surface area contributed by atoms with Crippen molar-refractivity contribution in [2.75, 3.05) is 5.32 Å². The number of hydrogen-bond acceptors (Lipinski definition) is 6. The van der Waals surface area contributed by atoms with Crippen molar-refractivity contribution >= 4 is 49.9 Å². The van der Waals surface area contributed by atoms with Crippen LogP contribution in [0.5, 0.6) is 11.5 Å². The van der Waals surface area contributed by atoms with E-state index >= 15 is 0 Å². The number of ether oxygens (including phenoxy) is 2. The van der Waals surface area contributed by atoms with Crippen molar-refractivity contribution in [3.05, 3.63) is 75.3 Å². The maximum Gasteiger partial charge on any atom is 0.387 e. The monoisotopic (exact) mass is 554 g/mol. The number of halogens is 4. The molecule has 0 aliphatic carbocycles. The van der Waals surface area contributed by atoms with Gasteiger partial charge in [0.1, 0.15) is 11.5 Å². The molecule has 0 fully saturated rings. The Bertz CT molecular complexity index is 1270. The molecular weight excluding hydrogens is 542 g/mol. The molecule has 1 N–H and O–H groups in total. The number of rotatable bonds is 8. The Labute approximate surface area is 204 Å². The number of amides is 1. The summed E-state index contributed by atoms with van der Waals surface area (Å²) in [6, 6.07) is 12.9. The molecule has 2 aromatic carbocycles. The minimum absolute atomic E-state index is 0.0551. The van der Waals surface area contributed by atoms with E-state index < -0.39 is 12.5 Å². The lowest BCUT2D eigenvalue weighted by atomic mass is 10.2. The topological polar surface area (TPSA) is 78.3 Å². The molecule has 0 unspecified atom stereocenters. The Balaban J connectivity index is 1.35. The van der Waals surface area contributed by atoms with E-state index in [0.717, 1.165) is 4.47 Å². The van der Waals surface area contributed by atoms with Crippen molar-refractivity contribution in [3.63, 3.8) is 0 Å². The van der Waals surface area contributed by atoms with Gasteiger partial charge in [-0.25, -0.2) is 9.67 Å². The van der Waals surface area contributed by atoms with Gasteiger partial charge in [0, 0.05) is 21.6 Å². The summed E-state index contributed by atoms with van der Waals surface area (Å²) in [6.45, 7) is -2.81. The van der Waals surface area contributed by atoms with Crippen LogP contribution >= 0.6 is 38.9 Å². The van der Waals surface area contributed by atoms with Gasteiger partial charge in [0.15, 0.2) is 17.6 Å². The molecule has 12 heteroatoms. The zero-order valence-electron chi connectivity index (χ0n) is 16.5. The number of carbonyl (C=O) groups excluding carboxylic acids is 1. The minimum Gasteiger partial charge on any atom is -0.470 e. The first-order valence-electron chi connectivity index (χ1n) is 9.31. The molecule has 4 rings (SSSR count). The molecule has 0 aliphatic rings. The molecule has 1 amide bonds. The summed E-state index contributed by atoms with van der Waals surface area (Å²) in [6.07, 6.45) is 1.61. The first-order chi connectivity index (χ1) is 15.9. The molecule has 170 valence electrons. The zero-order chi connectivity index (χ0) is 23.4. The van der Waals surface area contributed by atoms with Crippen LogP contribution in [0.2, 0.25) is 5.02 Å². The number of thiazole rings is 1. The summed E-state index contributed by atoms with van der Waals surface area (Å²) >= 11 is 10.7. The Kier molecular flexibility index (Phi) is 7.21. The molecular formula is C21H14BrClF2N4O3S. The number of aromatic nitrogens is 3. The standard InChI is InChI=1S/C21H14BrClF2N4O3S/c22-13-3-6-18(15(23)9-13)31-11-29-8-7-16(28-29)19(30)27-21-26-17(10-33-21)12-1-4-14(5-2-12)32-20(24)25/h1-10,20H,11H2,(H,26,27,30). The average Bonchev–Trinajstić information content (AvgIpc) is 3.43. The largest absolute Gasteiger partial charge is 0.470 e. The van der Waals surface area contributed by atoms with Gasteiger partial charge in [-0.2, -0.15) is 13.9 Å². The molecule has 33 heavy (non-hydrogen) atoms. The Morgan fingerprint density at radius 2 is 2.00 bits per heavy atom. The maximum atomic E-state index is 12.5. The first kappa shape index (κ1) is 23.1. The zero-order valence-corrected chi connectivity index (χ0v) is 19.7. The van der Waals surface area contributed by atoms with E-state index in [0.29, 0.717) is 27.2 Å². The third kappa shape index (κ3) is 6.06. The lowest BCUT2D eigenvalue weighted by Crippen LogP contribution is -2.14. The summed E-state index contributed by atoms with van der Waals surface area (Å²) in [7, 11) is 0. The van der Waals surface area contributed by atoms with Crippen molar-refractivity contribution in [3.8, 4) is 22.8 Å². The molecule has 0 spiro atoms. The predicted octanol–water partition coefficient (Wildman–Crippen LogP) is 6.31. The summed E-state index contributed by atoms with van der Waals surface area (Å²) < 4.78 is 36.8. The number of anilines is 1. The van der Waals surface area contributed by atoms with Gasteiger partial charge >= 0.3 is 6.61 Å². The average molecular weight is 556 g/mol. The number of benzene rings is 2. The molecule has 2 heterocycles. The van der Waals surface area contributed by atoms with Gasteiger partial charge in [0.2, 0.25) is 0 Å². The van der Waals surface area contributed by atoms with Crippen LogP contribution in [0.1, 0.15) is 10.5 Å². The van der Waals surface area contributed by atoms with E-state index in [2.05, 4.69) is 36.1 Å². The van der Waals surface area contributed by atoms with Crippen molar-refractivity contribution < 1.29 is 23.0 Å². The highest BCUT2D eigenvalue weighted by atomic mass is 79.9. The summed E-state index contributed by atoms with van der Waals surface area (Å²) in [4.78, 5) is 16.9. The van der Waals surface area contributed by atoms with Crippen LogP contribution in [0.3, 0.4) is 0 Å². The summed E-state index contributed by atoms with van der Waals surface area (Å²) in [5.41, 5.74) is 1.47. The van der Waals surface area contributed by atoms with Gasteiger partial charge in [-0.1, -0.05) is 27.5 Å². The van der Waals surface area contributed by atoms with E-state index in [4.69, 9.17) is 16.3 Å². The van der Waals surface area contributed by atoms with Gasteiger partial charge < -0.3 is 9.47 Å². The normalized spacial score (nSPS) is 10.9. The SMILES string of the molecule is O=C(Nc1nc(-c2ccc(OC(F)F)cc2)cs1)c1ccn(COc2ccc(Br)cc2Cl)n1. The lowest BCUT2D eigenvalue weighted by molar-refractivity contribution is -0.0498. The van der Waals surface area contributed by atoms with Gasteiger partial charge in [-0.15, -0.1) is 11.3 Å².